The second-order valence-corrected chi connectivity index (χ2v) is 6.22. The van der Waals surface area contributed by atoms with Gasteiger partial charge in [-0.05, 0) is 68.9 Å². The van der Waals surface area contributed by atoms with E-state index in [1.807, 2.05) is 43.3 Å². The van der Waals surface area contributed by atoms with Gasteiger partial charge in [0.05, 0.1) is 0 Å². The molecule has 2 aromatic rings. The van der Waals surface area contributed by atoms with Crippen molar-refractivity contribution < 1.29 is 9.53 Å². The number of hydrogen-bond acceptors (Lipinski definition) is 2. The number of ether oxygens (including phenoxy) is 1. The monoisotopic (exact) mass is 309 g/mol. The Morgan fingerprint density at radius 1 is 1.09 bits per heavy atom. The third-order valence-corrected chi connectivity index (χ3v) is 4.35. The van der Waals surface area contributed by atoms with Gasteiger partial charge >= 0.3 is 0 Å². The van der Waals surface area contributed by atoms with Crippen molar-refractivity contribution in [2.24, 2.45) is 0 Å². The molecule has 1 aliphatic rings. The van der Waals surface area contributed by atoms with E-state index in [2.05, 4.69) is 11.4 Å². The van der Waals surface area contributed by atoms with Crippen LogP contribution in [0.4, 0.5) is 5.69 Å². The van der Waals surface area contributed by atoms with E-state index in [0.29, 0.717) is 0 Å². The van der Waals surface area contributed by atoms with E-state index in [9.17, 15) is 4.79 Å². The fraction of sp³-hybridized carbons (Fsp3) is 0.350. The molecule has 0 saturated carbocycles. The minimum Gasteiger partial charge on any atom is -0.481 e. The zero-order valence-electron chi connectivity index (χ0n) is 13.8. The Balaban J connectivity index is 1.68. The Labute approximate surface area is 137 Å². The van der Waals surface area contributed by atoms with Crippen molar-refractivity contribution in [1.82, 2.24) is 0 Å². The van der Waals surface area contributed by atoms with Gasteiger partial charge in [0.25, 0.3) is 5.91 Å². The predicted molar refractivity (Wildman–Crippen MR) is 93.0 cm³/mol. The third kappa shape index (κ3) is 3.73. The molecule has 0 radical (unpaired) electrons. The molecule has 2 aromatic carbocycles. The molecule has 3 rings (SSSR count). The van der Waals surface area contributed by atoms with Gasteiger partial charge in [-0.25, -0.2) is 0 Å². The molecule has 0 aromatic heterocycles. The number of hydrogen-bond donors (Lipinski definition) is 1. The zero-order chi connectivity index (χ0) is 16.2. The first-order valence-corrected chi connectivity index (χ1v) is 8.28. The summed E-state index contributed by atoms with van der Waals surface area (Å²) in [7, 11) is 0. The average Bonchev–Trinajstić information content (AvgIpc) is 2.57. The highest BCUT2D eigenvalue weighted by atomic mass is 16.5. The first-order valence-electron chi connectivity index (χ1n) is 8.28. The summed E-state index contributed by atoms with van der Waals surface area (Å²) in [4.78, 5) is 12.3. The van der Waals surface area contributed by atoms with Crippen LogP contribution in [-0.2, 0) is 17.6 Å². The molecule has 0 spiro atoms. The van der Waals surface area contributed by atoms with Crippen molar-refractivity contribution >= 4 is 11.6 Å². The summed E-state index contributed by atoms with van der Waals surface area (Å²) >= 11 is 0. The molecule has 120 valence electrons. The van der Waals surface area contributed by atoms with E-state index >= 15 is 0 Å². The van der Waals surface area contributed by atoms with Crippen LogP contribution in [0.5, 0.6) is 5.75 Å². The van der Waals surface area contributed by atoms with Crippen LogP contribution in [0, 0.1) is 6.92 Å². The molecular formula is C20H23NO2. The van der Waals surface area contributed by atoms with E-state index in [0.717, 1.165) is 24.3 Å². The molecule has 1 aliphatic carbocycles. The van der Waals surface area contributed by atoms with Crippen LogP contribution >= 0.6 is 0 Å². The molecule has 23 heavy (non-hydrogen) atoms. The van der Waals surface area contributed by atoms with Crippen LogP contribution in [0.2, 0.25) is 0 Å². The molecule has 0 saturated heterocycles. The molecule has 3 heteroatoms. The fourth-order valence-electron chi connectivity index (χ4n) is 2.98. The van der Waals surface area contributed by atoms with Crippen molar-refractivity contribution in [3.8, 4) is 5.75 Å². The maximum Gasteiger partial charge on any atom is 0.265 e. The van der Waals surface area contributed by atoms with Gasteiger partial charge in [-0.15, -0.1) is 0 Å². The molecule has 0 heterocycles. The number of carbonyl (C=O) groups excluding carboxylic acids is 1. The Morgan fingerprint density at radius 3 is 2.61 bits per heavy atom. The number of aryl methyl sites for hydroxylation is 2. The highest BCUT2D eigenvalue weighted by Gasteiger charge is 2.19. The second-order valence-electron chi connectivity index (χ2n) is 6.22. The molecular weight excluding hydrogens is 286 g/mol. The van der Waals surface area contributed by atoms with Crippen LogP contribution < -0.4 is 10.1 Å². The molecule has 1 N–H and O–H groups in total. The number of benzene rings is 2. The topological polar surface area (TPSA) is 38.3 Å². The summed E-state index contributed by atoms with van der Waals surface area (Å²) < 4.78 is 5.96. The van der Waals surface area contributed by atoms with Gasteiger partial charge in [0, 0.05) is 5.69 Å². The lowest BCUT2D eigenvalue weighted by Gasteiger charge is -2.22. The lowest BCUT2D eigenvalue weighted by molar-refractivity contribution is -0.122. The largest absolute Gasteiger partial charge is 0.481 e. The Kier molecular flexibility index (Phi) is 4.65. The fourth-order valence-corrected chi connectivity index (χ4v) is 2.98. The Bertz CT molecular complexity index is 691. The van der Waals surface area contributed by atoms with Gasteiger partial charge < -0.3 is 10.1 Å². The van der Waals surface area contributed by atoms with Crippen LogP contribution in [0.15, 0.2) is 42.5 Å². The van der Waals surface area contributed by atoms with Gasteiger partial charge in [0.15, 0.2) is 6.10 Å². The predicted octanol–water partition coefficient (Wildman–Crippen LogP) is 4.28. The van der Waals surface area contributed by atoms with E-state index in [-0.39, 0.29) is 5.91 Å². The quantitative estimate of drug-likeness (QED) is 0.915. The normalized spacial score (nSPS) is 14.7. The third-order valence-electron chi connectivity index (χ3n) is 4.35. The molecule has 0 bridgehead atoms. The maximum absolute atomic E-state index is 12.3. The number of nitrogens with one attached hydrogen (secondary N) is 1. The summed E-state index contributed by atoms with van der Waals surface area (Å²) in [5.41, 5.74) is 4.60. The lowest BCUT2D eigenvalue weighted by atomic mass is 9.91. The van der Waals surface area contributed by atoms with Crippen molar-refractivity contribution in [2.75, 3.05) is 5.32 Å². The first-order chi connectivity index (χ1) is 11.1. The number of fused-ring (bicyclic) bond motifs is 1. The van der Waals surface area contributed by atoms with E-state index < -0.39 is 6.10 Å². The Morgan fingerprint density at radius 2 is 1.83 bits per heavy atom. The van der Waals surface area contributed by atoms with Gasteiger partial charge in [-0.2, -0.15) is 0 Å². The van der Waals surface area contributed by atoms with E-state index in [4.69, 9.17) is 4.74 Å². The van der Waals surface area contributed by atoms with Crippen molar-refractivity contribution in [3.05, 3.63) is 59.2 Å². The standard InChI is InChI=1S/C20H23NO2/c1-14-10-12-17(13-11-14)21-20(22)15(2)23-19-9-5-7-16-6-3-4-8-18(16)19/h5,7,9-13,15H,3-4,6,8H2,1-2H3,(H,21,22)/t15-/m0/s1. The van der Waals surface area contributed by atoms with E-state index in [1.54, 1.807) is 6.92 Å². The molecule has 1 amide bonds. The molecule has 0 unspecified atom stereocenters. The molecule has 0 fully saturated rings. The minimum absolute atomic E-state index is 0.123. The van der Waals surface area contributed by atoms with Gasteiger partial charge in [-0.1, -0.05) is 29.8 Å². The second kappa shape index (κ2) is 6.86. The van der Waals surface area contributed by atoms with Gasteiger partial charge in [0.1, 0.15) is 5.75 Å². The number of carbonyl (C=O) groups is 1. The summed E-state index contributed by atoms with van der Waals surface area (Å²) in [6, 6.07) is 13.9. The molecule has 3 nitrogen and oxygen atoms in total. The maximum atomic E-state index is 12.3. The van der Waals surface area contributed by atoms with E-state index in [1.165, 1.54) is 29.5 Å². The number of anilines is 1. The van der Waals surface area contributed by atoms with Gasteiger partial charge in [-0.3, -0.25) is 4.79 Å². The number of amides is 1. The lowest BCUT2D eigenvalue weighted by Crippen LogP contribution is -2.30. The van der Waals surface area contributed by atoms with Crippen LogP contribution in [0.25, 0.3) is 0 Å². The highest BCUT2D eigenvalue weighted by Crippen LogP contribution is 2.30. The van der Waals surface area contributed by atoms with Crippen LogP contribution in [-0.4, -0.2) is 12.0 Å². The van der Waals surface area contributed by atoms with Crippen molar-refractivity contribution in [1.29, 1.82) is 0 Å². The molecule has 0 aliphatic heterocycles. The molecule has 1 atom stereocenters. The average molecular weight is 309 g/mol. The zero-order valence-corrected chi connectivity index (χ0v) is 13.8. The van der Waals surface area contributed by atoms with Crippen molar-refractivity contribution in [2.45, 2.75) is 45.6 Å². The number of rotatable bonds is 4. The Hall–Kier alpha value is -2.29. The van der Waals surface area contributed by atoms with Crippen LogP contribution in [0.1, 0.15) is 36.5 Å². The SMILES string of the molecule is Cc1ccc(NC(=O)[C@H](C)Oc2cccc3c2CCCC3)cc1. The summed E-state index contributed by atoms with van der Waals surface area (Å²) in [6.07, 6.45) is 4.05. The van der Waals surface area contributed by atoms with Gasteiger partial charge in [0.2, 0.25) is 0 Å². The van der Waals surface area contributed by atoms with Crippen molar-refractivity contribution in [3.63, 3.8) is 0 Å². The highest BCUT2D eigenvalue weighted by molar-refractivity contribution is 5.94. The smallest absolute Gasteiger partial charge is 0.265 e. The summed E-state index contributed by atoms with van der Waals surface area (Å²) in [5.74, 6) is 0.732. The summed E-state index contributed by atoms with van der Waals surface area (Å²) in [5, 5.41) is 2.91. The summed E-state index contributed by atoms with van der Waals surface area (Å²) in [6.45, 7) is 3.82. The first kappa shape index (κ1) is 15.6. The van der Waals surface area contributed by atoms with Crippen LogP contribution in [0.3, 0.4) is 0 Å². The minimum atomic E-state index is -0.523.